The molecule has 11 nitrogen and oxygen atoms in total. The molecule has 7 N–H and O–H groups in total. The molecule has 0 saturated carbocycles. The van der Waals surface area contributed by atoms with Crippen molar-refractivity contribution in [2.45, 2.75) is 50.2 Å². The molecule has 3 unspecified atom stereocenters. The van der Waals surface area contributed by atoms with E-state index in [1.165, 1.54) is 16.7 Å². The summed E-state index contributed by atoms with van der Waals surface area (Å²) in [4.78, 5) is 60.9. The zero-order valence-corrected chi connectivity index (χ0v) is 17.2. The Morgan fingerprint density at radius 1 is 1.17 bits per heavy atom. The lowest BCUT2D eigenvalue weighted by Gasteiger charge is -2.26. The van der Waals surface area contributed by atoms with Crippen molar-refractivity contribution in [2.24, 2.45) is 11.5 Å². The van der Waals surface area contributed by atoms with Crippen LogP contribution in [0.15, 0.2) is 0 Å². The van der Waals surface area contributed by atoms with Gasteiger partial charge in [0.2, 0.25) is 23.6 Å². The Bertz CT molecular complexity index is 631. The molecule has 0 spiro atoms. The molecule has 0 aromatic rings. The van der Waals surface area contributed by atoms with Crippen molar-refractivity contribution in [1.29, 1.82) is 0 Å². The topological polar surface area (TPSA) is 185 Å². The van der Waals surface area contributed by atoms with Gasteiger partial charge >= 0.3 is 5.97 Å². The van der Waals surface area contributed by atoms with E-state index in [0.29, 0.717) is 25.1 Å². The number of carbonyl (C=O) groups is 5. The van der Waals surface area contributed by atoms with Gasteiger partial charge < -0.3 is 32.1 Å². The number of rotatable bonds is 12. The number of primary amides is 1. The summed E-state index contributed by atoms with van der Waals surface area (Å²) in [6.45, 7) is 0.213. The van der Waals surface area contributed by atoms with Gasteiger partial charge in [-0.25, -0.2) is 4.79 Å². The molecule has 4 amide bonds. The number of carboxylic acids is 1. The van der Waals surface area contributed by atoms with Crippen molar-refractivity contribution < 1.29 is 29.1 Å². The lowest BCUT2D eigenvalue weighted by Crippen LogP contribution is -2.56. The molecule has 0 aromatic heterocycles. The largest absolute Gasteiger partial charge is 0.480 e. The van der Waals surface area contributed by atoms with E-state index in [1.54, 1.807) is 0 Å². The summed E-state index contributed by atoms with van der Waals surface area (Å²) in [7, 11) is 0. The molecule has 0 bridgehead atoms. The number of carbonyl (C=O) groups excluding carboxylic acids is 4. The minimum Gasteiger partial charge on any atom is -0.480 e. The Labute approximate surface area is 173 Å². The van der Waals surface area contributed by atoms with Crippen molar-refractivity contribution in [3.8, 4) is 0 Å². The molecular formula is C17H29N5O6S. The first-order valence-electron chi connectivity index (χ1n) is 9.31. The molecular weight excluding hydrogens is 402 g/mol. The monoisotopic (exact) mass is 431 g/mol. The Morgan fingerprint density at radius 2 is 1.86 bits per heavy atom. The maximum absolute atomic E-state index is 12.7. The summed E-state index contributed by atoms with van der Waals surface area (Å²) in [5, 5.41) is 14.2. The van der Waals surface area contributed by atoms with Crippen LogP contribution >= 0.6 is 11.8 Å². The normalized spacial score (nSPS) is 18.0. The lowest BCUT2D eigenvalue weighted by molar-refractivity contribution is -0.143. The fraction of sp³-hybridized carbons (Fsp3) is 0.706. The SMILES string of the molecule is CSCCC(NC(=O)C1CCCN1C(=O)CN)C(=O)NC(CCC(N)=O)C(=O)O. The number of amides is 4. The summed E-state index contributed by atoms with van der Waals surface area (Å²) in [6.07, 6.45) is 2.88. The Hall–Kier alpha value is -2.34. The molecule has 0 radical (unpaired) electrons. The predicted octanol–water partition coefficient (Wildman–Crippen LogP) is -1.99. The van der Waals surface area contributed by atoms with Gasteiger partial charge in [-0.15, -0.1) is 0 Å². The number of hydrogen-bond donors (Lipinski definition) is 5. The lowest BCUT2D eigenvalue weighted by atomic mass is 10.1. The summed E-state index contributed by atoms with van der Waals surface area (Å²) < 4.78 is 0. The molecule has 1 fully saturated rings. The van der Waals surface area contributed by atoms with Crippen LogP contribution in [0.25, 0.3) is 0 Å². The number of likely N-dealkylation sites (tertiary alicyclic amines) is 1. The highest BCUT2D eigenvalue weighted by molar-refractivity contribution is 7.98. The summed E-state index contributed by atoms with van der Waals surface area (Å²) in [5.74, 6) is -2.92. The fourth-order valence-electron chi connectivity index (χ4n) is 3.04. The van der Waals surface area contributed by atoms with Crippen molar-refractivity contribution in [3.63, 3.8) is 0 Å². The molecule has 1 aliphatic rings. The van der Waals surface area contributed by atoms with Crippen molar-refractivity contribution in [3.05, 3.63) is 0 Å². The molecule has 164 valence electrons. The second-order valence-electron chi connectivity index (χ2n) is 6.70. The zero-order valence-electron chi connectivity index (χ0n) is 16.4. The molecule has 1 heterocycles. The minimum atomic E-state index is -1.30. The summed E-state index contributed by atoms with van der Waals surface area (Å²) >= 11 is 1.47. The van der Waals surface area contributed by atoms with Crippen LogP contribution in [0.2, 0.25) is 0 Å². The molecule has 3 atom stereocenters. The number of nitrogens with two attached hydrogens (primary N) is 2. The molecule has 29 heavy (non-hydrogen) atoms. The van der Waals surface area contributed by atoms with Crippen LogP contribution in [0.3, 0.4) is 0 Å². The highest BCUT2D eigenvalue weighted by Crippen LogP contribution is 2.18. The predicted molar refractivity (Wildman–Crippen MR) is 107 cm³/mol. The Kier molecular flexibility index (Phi) is 10.5. The zero-order chi connectivity index (χ0) is 22.0. The van der Waals surface area contributed by atoms with Crippen molar-refractivity contribution in [1.82, 2.24) is 15.5 Å². The van der Waals surface area contributed by atoms with Crippen LogP contribution in [0, 0.1) is 0 Å². The Balaban J connectivity index is 2.82. The van der Waals surface area contributed by atoms with Gasteiger partial charge in [-0.05, 0) is 37.7 Å². The van der Waals surface area contributed by atoms with Gasteiger partial charge in [-0.3, -0.25) is 19.2 Å². The van der Waals surface area contributed by atoms with E-state index in [0.717, 1.165) is 0 Å². The van der Waals surface area contributed by atoms with Gasteiger partial charge in [0.1, 0.15) is 18.1 Å². The van der Waals surface area contributed by atoms with E-state index in [2.05, 4.69) is 10.6 Å². The van der Waals surface area contributed by atoms with Crippen LogP contribution in [0.1, 0.15) is 32.1 Å². The highest BCUT2D eigenvalue weighted by Gasteiger charge is 2.35. The number of aliphatic carboxylic acids is 1. The first-order chi connectivity index (χ1) is 13.7. The third-order valence-electron chi connectivity index (χ3n) is 4.59. The number of carboxylic acid groups (broad SMARTS) is 1. The second kappa shape index (κ2) is 12.3. The summed E-state index contributed by atoms with van der Waals surface area (Å²) in [5.41, 5.74) is 10.4. The van der Waals surface area contributed by atoms with E-state index < -0.39 is 41.8 Å². The standard InChI is InChI=1S/C17H29N5O6S/c1-29-8-6-10(15(25)21-11(17(27)28)4-5-13(19)23)20-16(26)12-3-2-7-22(12)14(24)9-18/h10-12H,2-9,18H2,1H3,(H2,19,23)(H,20,26)(H,21,25)(H,27,28). The van der Waals surface area contributed by atoms with Crippen LogP contribution in [0.5, 0.6) is 0 Å². The molecule has 12 heteroatoms. The third-order valence-corrected chi connectivity index (χ3v) is 5.23. The first kappa shape index (κ1) is 24.7. The van der Waals surface area contributed by atoms with Gasteiger partial charge in [-0.1, -0.05) is 0 Å². The molecule has 1 aliphatic heterocycles. The van der Waals surface area contributed by atoms with Gasteiger partial charge in [0, 0.05) is 13.0 Å². The van der Waals surface area contributed by atoms with Gasteiger partial charge in [0.15, 0.2) is 0 Å². The second-order valence-corrected chi connectivity index (χ2v) is 7.68. The quantitative estimate of drug-likeness (QED) is 0.235. The highest BCUT2D eigenvalue weighted by atomic mass is 32.2. The van der Waals surface area contributed by atoms with E-state index in [1.807, 2.05) is 6.26 Å². The average Bonchev–Trinajstić information content (AvgIpc) is 3.16. The minimum absolute atomic E-state index is 0.152. The van der Waals surface area contributed by atoms with Gasteiger partial charge in [0.25, 0.3) is 0 Å². The van der Waals surface area contributed by atoms with E-state index >= 15 is 0 Å². The number of nitrogens with zero attached hydrogens (tertiary/aromatic N) is 1. The van der Waals surface area contributed by atoms with Crippen molar-refractivity contribution >= 4 is 41.4 Å². The number of hydrogen-bond acceptors (Lipinski definition) is 7. The third kappa shape index (κ3) is 7.89. The van der Waals surface area contributed by atoms with Crippen molar-refractivity contribution in [2.75, 3.05) is 25.1 Å². The van der Waals surface area contributed by atoms with Gasteiger partial charge in [-0.2, -0.15) is 11.8 Å². The number of thioether (sulfide) groups is 1. The van der Waals surface area contributed by atoms with Crippen LogP contribution in [-0.2, 0) is 24.0 Å². The average molecular weight is 432 g/mol. The molecule has 0 aliphatic carbocycles. The van der Waals surface area contributed by atoms with E-state index in [9.17, 15) is 29.1 Å². The maximum Gasteiger partial charge on any atom is 0.326 e. The first-order valence-corrected chi connectivity index (χ1v) is 10.7. The molecule has 1 saturated heterocycles. The van der Waals surface area contributed by atoms with E-state index in [4.69, 9.17) is 11.5 Å². The smallest absolute Gasteiger partial charge is 0.326 e. The number of nitrogens with one attached hydrogen (secondary N) is 2. The van der Waals surface area contributed by atoms with Crippen LogP contribution < -0.4 is 22.1 Å². The molecule has 1 rings (SSSR count). The van der Waals surface area contributed by atoms with Crippen LogP contribution in [-0.4, -0.2) is 82.8 Å². The fourth-order valence-corrected chi connectivity index (χ4v) is 3.52. The molecule has 0 aromatic carbocycles. The van der Waals surface area contributed by atoms with E-state index in [-0.39, 0.29) is 31.7 Å². The van der Waals surface area contributed by atoms with Crippen LogP contribution in [0.4, 0.5) is 0 Å². The summed E-state index contributed by atoms with van der Waals surface area (Å²) in [6, 6.07) is -2.98. The van der Waals surface area contributed by atoms with Gasteiger partial charge in [0.05, 0.1) is 6.54 Å². The maximum atomic E-state index is 12.7. The Morgan fingerprint density at radius 3 is 2.41 bits per heavy atom.